The molecular weight excluding hydrogens is 374 g/mol. The molecule has 2 aliphatic rings. The van der Waals surface area contributed by atoms with Crippen molar-refractivity contribution < 1.29 is 28.5 Å². The monoisotopic (exact) mass is 399 g/mol. The van der Waals surface area contributed by atoms with Crippen LogP contribution in [0.2, 0.25) is 0 Å². The van der Waals surface area contributed by atoms with Gasteiger partial charge in [0.05, 0.1) is 14.2 Å². The van der Waals surface area contributed by atoms with Gasteiger partial charge in [-0.25, -0.2) is 0 Å². The normalized spacial score (nSPS) is 16.9. The maximum absolute atomic E-state index is 12.8. The molecule has 4 rings (SSSR count). The molecule has 1 amide bonds. The van der Waals surface area contributed by atoms with E-state index < -0.39 is 0 Å². The van der Waals surface area contributed by atoms with Gasteiger partial charge < -0.3 is 29.0 Å². The molecule has 7 nitrogen and oxygen atoms in total. The number of fused-ring (bicyclic) bond motifs is 1. The maximum atomic E-state index is 12.8. The number of rotatable bonds is 6. The predicted molar refractivity (Wildman–Crippen MR) is 106 cm³/mol. The van der Waals surface area contributed by atoms with Crippen molar-refractivity contribution in [3.63, 3.8) is 0 Å². The first-order chi connectivity index (χ1) is 14.1. The Bertz CT molecular complexity index is 891. The van der Waals surface area contributed by atoms with E-state index in [1.807, 2.05) is 18.2 Å². The molecule has 2 aromatic rings. The van der Waals surface area contributed by atoms with Gasteiger partial charge in [0.2, 0.25) is 6.79 Å². The van der Waals surface area contributed by atoms with Crippen LogP contribution in [0.5, 0.6) is 23.0 Å². The number of amides is 1. The lowest BCUT2D eigenvalue weighted by Crippen LogP contribution is -2.44. The van der Waals surface area contributed by atoms with Crippen LogP contribution in [0, 0.1) is 0 Å². The van der Waals surface area contributed by atoms with Gasteiger partial charge in [0.1, 0.15) is 0 Å². The van der Waals surface area contributed by atoms with Crippen LogP contribution in [-0.4, -0.2) is 46.7 Å². The Morgan fingerprint density at radius 3 is 2.52 bits per heavy atom. The van der Waals surface area contributed by atoms with Crippen LogP contribution in [0.1, 0.15) is 28.8 Å². The van der Waals surface area contributed by atoms with Crippen LogP contribution in [0.25, 0.3) is 0 Å². The molecule has 1 saturated heterocycles. The highest BCUT2D eigenvalue weighted by atomic mass is 16.7. The van der Waals surface area contributed by atoms with E-state index in [4.69, 9.17) is 23.7 Å². The van der Waals surface area contributed by atoms with Crippen molar-refractivity contribution in [2.24, 2.45) is 0 Å². The molecule has 0 saturated carbocycles. The van der Waals surface area contributed by atoms with Crippen LogP contribution in [0.4, 0.5) is 0 Å². The number of benzene rings is 2. The SMILES string of the molecule is COc1ccc(C2(CNC(=O)c3ccc4c(c3)OCO4)CCOCC2)cc1OC. The van der Waals surface area contributed by atoms with Crippen LogP contribution in [-0.2, 0) is 10.2 Å². The van der Waals surface area contributed by atoms with Crippen molar-refractivity contribution in [1.82, 2.24) is 5.32 Å². The molecular formula is C22H25NO6. The predicted octanol–water partition coefficient (Wildman–Crippen LogP) is 2.91. The van der Waals surface area contributed by atoms with Gasteiger partial charge in [-0.05, 0) is 48.7 Å². The number of hydrogen-bond acceptors (Lipinski definition) is 6. The van der Waals surface area contributed by atoms with Crippen molar-refractivity contribution >= 4 is 5.91 Å². The number of nitrogens with one attached hydrogen (secondary N) is 1. The van der Waals surface area contributed by atoms with Crippen molar-refractivity contribution in [1.29, 1.82) is 0 Å². The lowest BCUT2D eigenvalue weighted by atomic mass is 9.74. The van der Waals surface area contributed by atoms with Gasteiger partial charge in [-0.15, -0.1) is 0 Å². The molecule has 7 heteroatoms. The molecule has 0 atom stereocenters. The van der Waals surface area contributed by atoms with Crippen LogP contribution in [0.3, 0.4) is 0 Å². The van der Waals surface area contributed by atoms with Gasteiger partial charge in [-0.2, -0.15) is 0 Å². The fraction of sp³-hybridized carbons (Fsp3) is 0.409. The molecule has 29 heavy (non-hydrogen) atoms. The van der Waals surface area contributed by atoms with Crippen molar-refractivity contribution in [2.45, 2.75) is 18.3 Å². The number of methoxy groups -OCH3 is 2. The van der Waals surface area contributed by atoms with E-state index >= 15 is 0 Å². The quantitative estimate of drug-likeness (QED) is 0.805. The molecule has 0 radical (unpaired) electrons. The van der Waals surface area contributed by atoms with E-state index in [2.05, 4.69) is 5.32 Å². The largest absolute Gasteiger partial charge is 0.493 e. The summed E-state index contributed by atoms with van der Waals surface area (Å²) in [5.74, 6) is 2.47. The summed E-state index contributed by atoms with van der Waals surface area (Å²) in [6, 6.07) is 11.2. The Morgan fingerprint density at radius 2 is 1.76 bits per heavy atom. The summed E-state index contributed by atoms with van der Waals surface area (Å²) in [6.45, 7) is 1.98. The van der Waals surface area contributed by atoms with Crippen molar-refractivity contribution in [3.8, 4) is 23.0 Å². The van der Waals surface area contributed by atoms with E-state index in [9.17, 15) is 4.79 Å². The number of ether oxygens (including phenoxy) is 5. The Kier molecular flexibility index (Phi) is 5.49. The molecule has 2 aromatic carbocycles. The minimum absolute atomic E-state index is 0.144. The molecule has 0 spiro atoms. The highest BCUT2D eigenvalue weighted by Gasteiger charge is 2.35. The summed E-state index contributed by atoms with van der Waals surface area (Å²) in [5.41, 5.74) is 1.41. The second-order valence-electron chi connectivity index (χ2n) is 7.21. The molecule has 1 N–H and O–H groups in total. The van der Waals surface area contributed by atoms with Gasteiger partial charge in [-0.3, -0.25) is 4.79 Å². The third-order valence-corrected chi connectivity index (χ3v) is 5.67. The first-order valence-electron chi connectivity index (χ1n) is 9.63. The Labute approximate surface area is 169 Å². The van der Waals surface area contributed by atoms with Gasteiger partial charge in [0, 0.05) is 30.7 Å². The summed E-state index contributed by atoms with van der Waals surface area (Å²) in [7, 11) is 3.24. The van der Waals surface area contributed by atoms with Gasteiger partial charge >= 0.3 is 0 Å². The summed E-state index contributed by atoms with van der Waals surface area (Å²) in [6.07, 6.45) is 1.62. The zero-order valence-electron chi connectivity index (χ0n) is 16.7. The minimum atomic E-state index is -0.232. The van der Waals surface area contributed by atoms with Gasteiger partial charge in [0.25, 0.3) is 5.91 Å². The van der Waals surface area contributed by atoms with Crippen LogP contribution < -0.4 is 24.3 Å². The number of carbonyl (C=O) groups is 1. The highest BCUT2D eigenvalue weighted by molar-refractivity contribution is 5.95. The summed E-state index contributed by atoms with van der Waals surface area (Å²) >= 11 is 0. The summed E-state index contributed by atoms with van der Waals surface area (Å²) in [4.78, 5) is 12.8. The average Bonchev–Trinajstić information content (AvgIpc) is 3.25. The molecule has 2 heterocycles. The maximum Gasteiger partial charge on any atom is 0.251 e. The first-order valence-corrected chi connectivity index (χ1v) is 9.63. The molecule has 0 aliphatic carbocycles. The molecule has 0 bridgehead atoms. The Morgan fingerprint density at radius 1 is 1.00 bits per heavy atom. The third-order valence-electron chi connectivity index (χ3n) is 5.67. The lowest BCUT2D eigenvalue weighted by Gasteiger charge is -2.38. The zero-order chi connectivity index (χ0) is 20.3. The third kappa shape index (κ3) is 3.82. The van der Waals surface area contributed by atoms with Gasteiger partial charge in [-0.1, -0.05) is 6.07 Å². The van der Waals surface area contributed by atoms with Crippen molar-refractivity contribution in [3.05, 3.63) is 47.5 Å². The lowest BCUT2D eigenvalue weighted by molar-refractivity contribution is 0.0486. The fourth-order valence-electron chi connectivity index (χ4n) is 3.89. The topological polar surface area (TPSA) is 75.3 Å². The molecule has 2 aliphatic heterocycles. The average molecular weight is 399 g/mol. The first kappa shape index (κ1) is 19.4. The van der Waals surface area contributed by atoms with Gasteiger partial charge in [0.15, 0.2) is 23.0 Å². The minimum Gasteiger partial charge on any atom is -0.493 e. The molecule has 0 unspecified atom stereocenters. The number of hydrogen-bond donors (Lipinski definition) is 1. The van der Waals surface area contributed by atoms with Crippen molar-refractivity contribution in [2.75, 3.05) is 40.8 Å². The Hall–Kier alpha value is -2.93. The van der Waals surface area contributed by atoms with E-state index in [-0.39, 0.29) is 18.1 Å². The van der Waals surface area contributed by atoms with E-state index in [1.54, 1.807) is 32.4 Å². The number of carbonyl (C=O) groups excluding carboxylic acids is 1. The smallest absolute Gasteiger partial charge is 0.251 e. The van der Waals surface area contributed by atoms with E-state index in [0.29, 0.717) is 48.3 Å². The summed E-state index contributed by atoms with van der Waals surface area (Å²) in [5, 5.41) is 3.10. The van der Waals surface area contributed by atoms with E-state index in [1.165, 1.54) is 0 Å². The second-order valence-corrected chi connectivity index (χ2v) is 7.21. The molecule has 0 aromatic heterocycles. The van der Waals surface area contributed by atoms with Crippen LogP contribution in [0.15, 0.2) is 36.4 Å². The Balaban J connectivity index is 1.55. The molecule has 154 valence electrons. The highest BCUT2D eigenvalue weighted by Crippen LogP contribution is 2.39. The van der Waals surface area contributed by atoms with E-state index in [0.717, 1.165) is 18.4 Å². The second kappa shape index (κ2) is 8.21. The fourth-order valence-corrected chi connectivity index (χ4v) is 3.89. The summed E-state index contributed by atoms with van der Waals surface area (Å²) < 4.78 is 27.1. The van der Waals surface area contributed by atoms with Crippen LogP contribution >= 0.6 is 0 Å². The zero-order valence-corrected chi connectivity index (χ0v) is 16.7. The molecule has 1 fully saturated rings. The standard InChI is InChI=1S/C22H25NO6/c1-25-17-6-4-16(12-19(17)26-2)22(7-9-27-10-8-22)13-23-21(24)15-3-5-18-20(11-15)29-14-28-18/h3-6,11-12H,7-10,13-14H2,1-2H3,(H,23,24).